The highest BCUT2D eigenvalue weighted by atomic mass is 16.2. The maximum Gasteiger partial charge on any atom is 0.313 e. The number of anilines is 1. The molecule has 29 heavy (non-hydrogen) atoms. The van der Waals surface area contributed by atoms with Gasteiger partial charge in [-0.3, -0.25) is 14.5 Å². The van der Waals surface area contributed by atoms with Gasteiger partial charge in [0.15, 0.2) is 0 Å². The maximum atomic E-state index is 12.4. The van der Waals surface area contributed by atoms with Crippen molar-refractivity contribution in [3.05, 3.63) is 53.9 Å². The van der Waals surface area contributed by atoms with Crippen molar-refractivity contribution >= 4 is 17.5 Å². The monoisotopic (exact) mass is 396 g/mol. The Morgan fingerprint density at radius 2 is 1.69 bits per heavy atom. The lowest BCUT2D eigenvalue weighted by Crippen LogP contribution is -2.42. The zero-order valence-corrected chi connectivity index (χ0v) is 17.5. The largest absolute Gasteiger partial charge is 0.353 e. The highest BCUT2D eigenvalue weighted by Gasteiger charge is 2.25. The molecule has 6 nitrogen and oxygen atoms in total. The van der Waals surface area contributed by atoms with Gasteiger partial charge in [-0.05, 0) is 62.2 Å². The number of hydrogen-bond donors (Lipinski definition) is 2. The smallest absolute Gasteiger partial charge is 0.313 e. The molecule has 1 aromatic heterocycles. The summed E-state index contributed by atoms with van der Waals surface area (Å²) in [7, 11) is 2.02. The number of aromatic nitrogens is 1. The van der Waals surface area contributed by atoms with Crippen molar-refractivity contribution in [2.45, 2.75) is 45.1 Å². The molecule has 1 aliphatic rings. The van der Waals surface area contributed by atoms with E-state index < -0.39 is 11.8 Å². The number of aryl methyl sites for hydroxylation is 2. The summed E-state index contributed by atoms with van der Waals surface area (Å²) in [6.45, 7) is 4.52. The minimum absolute atomic E-state index is 0.0636. The number of rotatable bonds is 6. The van der Waals surface area contributed by atoms with Crippen LogP contribution in [0.4, 0.5) is 5.69 Å². The Kier molecular flexibility index (Phi) is 7.47. The third-order valence-electron chi connectivity index (χ3n) is 5.69. The number of benzene rings is 1. The van der Waals surface area contributed by atoms with Gasteiger partial charge in [0.2, 0.25) is 0 Å². The molecule has 0 spiro atoms. The highest BCUT2D eigenvalue weighted by Crippen LogP contribution is 2.24. The van der Waals surface area contributed by atoms with Crippen LogP contribution in [0.25, 0.3) is 0 Å². The molecule has 2 amide bonds. The van der Waals surface area contributed by atoms with E-state index >= 15 is 0 Å². The van der Waals surface area contributed by atoms with Crippen LogP contribution in [0, 0.1) is 0 Å². The quantitative estimate of drug-likeness (QED) is 0.737. The first-order valence-corrected chi connectivity index (χ1v) is 10.6. The molecule has 1 atom stereocenters. The molecule has 3 rings (SSSR count). The van der Waals surface area contributed by atoms with Crippen LogP contribution in [0.3, 0.4) is 0 Å². The highest BCUT2D eigenvalue weighted by molar-refractivity contribution is 6.39. The van der Waals surface area contributed by atoms with Crippen molar-refractivity contribution in [2.24, 2.45) is 7.05 Å². The lowest BCUT2D eigenvalue weighted by Gasteiger charge is -2.31. The Balaban J connectivity index is 1.62. The molecule has 2 heterocycles. The van der Waals surface area contributed by atoms with Crippen LogP contribution in [-0.4, -0.2) is 40.9 Å². The molecule has 1 saturated heterocycles. The molecule has 6 heteroatoms. The van der Waals surface area contributed by atoms with Crippen LogP contribution < -0.4 is 10.6 Å². The van der Waals surface area contributed by atoms with E-state index in [2.05, 4.69) is 33.1 Å². The minimum atomic E-state index is -0.629. The Labute approximate surface area is 173 Å². The average Bonchev–Trinajstić information content (AvgIpc) is 2.98. The van der Waals surface area contributed by atoms with Crippen LogP contribution in [-0.2, 0) is 23.1 Å². The molecule has 0 radical (unpaired) electrons. The maximum absolute atomic E-state index is 12.4. The van der Waals surface area contributed by atoms with Gasteiger partial charge in [0.05, 0.1) is 6.04 Å². The zero-order valence-electron chi connectivity index (χ0n) is 17.5. The van der Waals surface area contributed by atoms with Gasteiger partial charge >= 0.3 is 11.8 Å². The number of likely N-dealkylation sites (tertiary alicyclic amines) is 1. The molecule has 0 bridgehead atoms. The van der Waals surface area contributed by atoms with Gasteiger partial charge in [-0.25, -0.2) is 0 Å². The second-order valence-electron chi connectivity index (χ2n) is 7.72. The zero-order chi connectivity index (χ0) is 20.6. The second-order valence-corrected chi connectivity index (χ2v) is 7.72. The molecule has 1 fully saturated rings. The van der Waals surface area contributed by atoms with Gasteiger partial charge in [0.1, 0.15) is 0 Å². The Bertz CT molecular complexity index is 805. The summed E-state index contributed by atoms with van der Waals surface area (Å²) in [6, 6.07) is 11.7. The van der Waals surface area contributed by atoms with Gasteiger partial charge in [0, 0.05) is 31.2 Å². The van der Waals surface area contributed by atoms with Gasteiger partial charge in [0.25, 0.3) is 0 Å². The summed E-state index contributed by atoms with van der Waals surface area (Å²) in [6.07, 6.45) is 7.80. The first-order valence-electron chi connectivity index (χ1n) is 10.6. The molecule has 0 saturated carbocycles. The first-order chi connectivity index (χ1) is 14.1. The summed E-state index contributed by atoms with van der Waals surface area (Å²) in [4.78, 5) is 27.2. The minimum Gasteiger partial charge on any atom is -0.353 e. The predicted molar refractivity (Wildman–Crippen MR) is 116 cm³/mol. The van der Waals surface area contributed by atoms with Crippen molar-refractivity contribution in [1.82, 2.24) is 14.8 Å². The molecular weight excluding hydrogens is 364 g/mol. The molecule has 156 valence electrons. The lowest BCUT2D eigenvalue weighted by atomic mass is 10.1. The third kappa shape index (κ3) is 5.70. The molecular formula is C23H32N4O2. The summed E-state index contributed by atoms with van der Waals surface area (Å²) >= 11 is 0. The van der Waals surface area contributed by atoms with Gasteiger partial charge < -0.3 is 15.2 Å². The predicted octanol–water partition coefficient (Wildman–Crippen LogP) is 3.26. The number of nitrogens with one attached hydrogen (secondary N) is 2. The Morgan fingerprint density at radius 1 is 1.00 bits per heavy atom. The molecule has 1 aromatic carbocycles. The van der Waals surface area contributed by atoms with E-state index in [1.807, 2.05) is 43.6 Å². The van der Waals surface area contributed by atoms with Crippen molar-refractivity contribution in [3.8, 4) is 0 Å². The summed E-state index contributed by atoms with van der Waals surface area (Å²) < 4.78 is 2.09. The molecule has 1 aliphatic heterocycles. The van der Waals surface area contributed by atoms with Crippen LogP contribution >= 0.6 is 0 Å². The van der Waals surface area contributed by atoms with Crippen LogP contribution in [0.5, 0.6) is 0 Å². The van der Waals surface area contributed by atoms with Gasteiger partial charge in [-0.1, -0.05) is 31.9 Å². The Morgan fingerprint density at radius 3 is 2.28 bits per heavy atom. The number of carbonyl (C=O) groups excluding carboxylic acids is 2. The number of nitrogens with zero attached hydrogens (tertiary/aromatic N) is 2. The summed E-state index contributed by atoms with van der Waals surface area (Å²) in [5.74, 6) is -1.23. The fourth-order valence-corrected chi connectivity index (χ4v) is 3.93. The molecule has 2 N–H and O–H groups in total. The fourth-order valence-electron chi connectivity index (χ4n) is 3.93. The Hall–Kier alpha value is -2.60. The van der Waals surface area contributed by atoms with E-state index in [0.717, 1.165) is 25.2 Å². The van der Waals surface area contributed by atoms with Crippen molar-refractivity contribution < 1.29 is 9.59 Å². The molecule has 1 unspecified atom stereocenters. The van der Waals surface area contributed by atoms with E-state index in [1.54, 1.807) is 0 Å². The van der Waals surface area contributed by atoms with E-state index in [9.17, 15) is 9.59 Å². The number of hydrogen-bond acceptors (Lipinski definition) is 3. The SMILES string of the molecule is CCc1ccc(NC(=O)C(=O)NCC(c2cccn2C)N2CCCCCC2)cc1. The molecule has 2 aromatic rings. The first kappa shape index (κ1) is 21.1. The standard InChI is InChI=1S/C23H32N4O2/c1-3-18-10-12-19(13-11-18)25-23(29)22(28)24-17-21(20-9-8-14-26(20)2)27-15-6-4-5-7-16-27/h8-14,21H,3-7,15-17H2,1-2H3,(H,24,28)(H,25,29). The van der Waals surface area contributed by atoms with Crippen LogP contribution in [0.1, 0.15) is 49.9 Å². The number of amides is 2. The van der Waals surface area contributed by atoms with E-state index in [0.29, 0.717) is 12.2 Å². The average molecular weight is 397 g/mol. The van der Waals surface area contributed by atoms with Crippen LogP contribution in [0.15, 0.2) is 42.6 Å². The summed E-state index contributed by atoms with van der Waals surface area (Å²) in [5.41, 5.74) is 2.98. The van der Waals surface area contributed by atoms with Crippen molar-refractivity contribution in [2.75, 3.05) is 25.0 Å². The number of carbonyl (C=O) groups is 2. The van der Waals surface area contributed by atoms with Crippen molar-refractivity contribution in [3.63, 3.8) is 0 Å². The topological polar surface area (TPSA) is 66.4 Å². The van der Waals surface area contributed by atoms with E-state index in [4.69, 9.17) is 0 Å². The van der Waals surface area contributed by atoms with Crippen LogP contribution in [0.2, 0.25) is 0 Å². The second kappa shape index (κ2) is 10.3. The summed E-state index contributed by atoms with van der Waals surface area (Å²) in [5, 5.41) is 5.54. The van der Waals surface area contributed by atoms with E-state index in [1.165, 1.54) is 31.2 Å². The lowest BCUT2D eigenvalue weighted by molar-refractivity contribution is -0.136. The molecule has 0 aliphatic carbocycles. The van der Waals surface area contributed by atoms with Crippen molar-refractivity contribution in [1.29, 1.82) is 0 Å². The third-order valence-corrected chi connectivity index (χ3v) is 5.69. The van der Waals surface area contributed by atoms with E-state index in [-0.39, 0.29) is 6.04 Å². The van der Waals surface area contributed by atoms with Gasteiger partial charge in [-0.2, -0.15) is 0 Å². The fraction of sp³-hybridized carbons (Fsp3) is 0.478. The normalized spacial score (nSPS) is 16.1. The van der Waals surface area contributed by atoms with Gasteiger partial charge in [-0.15, -0.1) is 0 Å².